The van der Waals surface area contributed by atoms with E-state index < -0.39 is 54.6 Å². The fraction of sp³-hybridized carbons (Fsp3) is 0.409. The number of aromatic nitrogens is 2. The van der Waals surface area contributed by atoms with E-state index in [4.69, 9.17) is 10.3 Å². The topological polar surface area (TPSA) is 143 Å². The highest BCUT2D eigenvalue weighted by Crippen LogP contribution is 2.44. The predicted octanol–water partition coefficient (Wildman–Crippen LogP) is 3.26. The number of nitrogens with zero attached hydrogens (tertiary/aromatic N) is 4. The number of rotatable bonds is 6. The minimum absolute atomic E-state index is 0.0191. The second-order valence-corrected chi connectivity index (χ2v) is 12.2. The lowest BCUT2D eigenvalue weighted by Crippen LogP contribution is -2.54. The third-order valence-corrected chi connectivity index (χ3v) is 9.93. The molecule has 3 aromatic rings. The SMILES string of the molecule is Cc1noc(-c2ccc(N3CCN(S(=O)(=O)c4ccc([C@](O)(C(N)=O)C(F)(F)F)s4)[C@H](C)C3)c(C(F)(F)F)c2)n1. The van der Waals surface area contributed by atoms with E-state index in [0.29, 0.717) is 6.07 Å². The van der Waals surface area contributed by atoms with E-state index in [9.17, 15) is 44.7 Å². The number of halogens is 6. The Hall–Kier alpha value is -3.22. The number of hydrogen-bond donors (Lipinski definition) is 2. The number of carbonyl (C=O) groups is 1. The molecule has 1 aliphatic rings. The van der Waals surface area contributed by atoms with E-state index in [0.717, 1.165) is 16.4 Å². The van der Waals surface area contributed by atoms with Crippen molar-refractivity contribution in [3.63, 3.8) is 0 Å². The molecular weight excluding hydrogens is 592 g/mol. The zero-order chi connectivity index (χ0) is 29.8. The first kappa shape index (κ1) is 29.8. The van der Waals surface area contributed by atoms with Crippen molar-refractivity contribution < 1.29 is 49.2 Å². The van der Waals surface area contributed by atoms with Gasteiger partial charge in [-0.1, -0.05) is 5.16 Å². The third kappa shape index (κ3) is 5.15. The monoisotopic (exact) mass is 613 g/mol. The largest absolute Gasteiger partial charge is 0.431 e. The summed E-state index contributed by atoms with van der Waals surface area (Å²) >= 11 is 0.0191. The van der Waals surface area contributed by atoms with Crippen LogP contribution < -0.4 is 10.6 Å². The Bertz CT molecular complexity index is 1540. The zero-order valence-electron chi connectivity index (χ0n) is 20.6. The first-order chi connectivity index (χ1) is 18.4. The van der Waals surface area contributed by atoms with Gasteiger partial charge in [0.1, 0.15) is 4.21 Å². The fourth-order valence-corrected chi connectivity index (χ4v) is 7.44. The highest BCUT2D eigenvalue weighted by molar-refractivity contribution is 7.91. The molecule has 3 heterocycles. The molecule has 1 saturated heterocycles. The summed E-state index contributed by atoms with van der Waals surface area (Å²) in [6, 6.07) is 3.94. The molecule has 1 fully saturated rings. The van der Waals surface area contributed by atoms with Crippen LogP contribution in [0.15, 0.2) is 39.1 Å². The predicted molar refractivity (Wildman–Crippen MR) is 129 cm³/mol. The number of benzene rings is 1. The van der Waals surface area contributed by atoms with Crippen LogP contribution in [0.5, 0.6) is 0 Å². The molecule has 0 radical (unpaired) electrons. The fourth-order valence-electron chi connectivity index (χ4n) is 4.27. The van der Waals surface area contributed by atoms with Crippen molar-refractivity contribution in [1.29, 1.82) is 0 Å². The van der Waals surface area contributed by atoms with Crippen molar-refractivity contribution in [3.05, 3.63) is 46.6 Å². The zero-order valence-corrected chi connectivity index (χ0v) is 22.2. The van der Waals surface area contributed by atoms with Gasteiger partial charge in [0.2, 0.25) is 0 Å². The molecule has 1 amide bonds. The number of carbonyl (C=O) groups excluding carboxylic acids is 1. The Morgan fingerprint density at radius 2 is 1.82 bits per heavy atom. The van der Waals surface area contributed by atoms with Gasteiger partial charge >= 0.3 is 12.4 Å². The minimum Gasteiger partial charge on any atom is -0.368 e. The quantitative estimate of drug-likeness (QED) is 0.404. The Kier molecular flexibility index (Phi) is 7.44. The standard InChI is InChI=1S/C22H21F6N5O5S2/c1-11-10-32(15-4-3-13(9-14(15)21(23,24)25)18-30-12(2)31-38-18)7-8-33(11)40(36,37)17-6-5-16(39-17)20(35,19(29)34)22(26,27)28/h3-6,9,11,35H,7-8,10H2,1-2H3,(H2,29,34)/t11-,20+/m1/s1. The molecule has 4 rings (SSSR count). The van der Waals surface area contributed by atoms with Crippen LogP contribution in [0.25, 0.3) is 11.5 Å². The van der Waals surface area contributed by atoms with Crippen LogP contribution in [-0.4, -0.2) is 65.7 Å². The van der Waals surface area contributed by atoms with Crippen molar-refractivity contribution in [2.24, 2.45) is 5.73 Å². The molecule has 2 aromatic heterocycles. The lowest BCUT2D eigenvalue weighted by atomic mass is 10.0. The summed E-state index contributed by atoms with van der Waals surface area (Å²) in [6.45, 7) is 2.26. The molecule has 1 aliphatic heterocycles. The Morgan fingerprint density at radius 3 is 2.35 bits per heavy atom. The van der Waals surface area contributed by atoms with Crippen LogP contribution >= 0.6 is 11.3 Å². The van der Waals surface area contributed by atoms with Crippen LogP contribution in [0.4, 0.5) is 32.0 Å². The van der Waals surface area contributed by atoms with Gasteiger partial charge in [0.15, 0.2) is 5.82 Å². The second-order valence-electron chi connectivity index (χ2n) is 8.98. The Morgan fingerprint density at radius 1 is 1.15 bits per heavy atom. The molecule has 1 aromatic carbocycles. The van der Waals surface area contributed by atoms with E-state index >= 15 is 0 Å². The molecule has 0 unspecified atom stereocenters. The number of anilines is 1. The van der Waals surface area contributed by atoms with Gasteiger partial charge in [0.05, 0.1) is 10.4 Å². The van der Waals surface area contributed by atoms with Gasteiger partial charge < -0.3 is 20.3 Å². The maximum absolute atomic E-state index is 14.0. The third-order valence-electron chi connectivity index (χ3n) is 6.25. The number of aliphatic hydroxyl groups is 1. The Labute approximate surface area is 227 Å². The summed E-state index contributed by atoms with van der Waals surface area (Å²) < 4.78 is 114. The number of hydrogen-bond acceptors (Lipinski definition) is 9. The lowest BCUT2D eigenvalue weighted by Gasteiger charge is -2.40. The van der Waals surface area contributed by atoms with Gasteiger partial charge in [-0.15, -0.1) is 11.3 Å². The molecule has 3 N–H and O–H groups in total. The summed E-state index contributed by atoms with van der Waals surface area (Å²) in [5, 5.41) is 13.5. The number of piperazine rings is 1. The number of amides is 1. The molecular formula is C22H21F6N5O5S2. The average Bonchev–Trinajstić information content (AvgIpc) is 3.52. The average molecular weight is 614 g/mol. The summed E-state index contributed by atoms with van der Waals surface area (Å²) in [6.07, 6.45) is -10.3. The van der Waals surface area contributed by atoms with E-state index in [1.807, 2.05) is 0 Å². The van der Waals surface area contributed by atoms with Crippen molar-refractivity contribution in [3.8, 4) is 11.5 Å². The van der Waals surface area contributed by atoms with Crippen molar-refractivity contribution in [2.45, 2.75) is 42.1 Å². The van der Waals surface area contributed by atoms with Gasteiger partial charge in [0, 0.05) is 36.9 Å². The second kappa shape index (κ2) is 10.0. The van der Waals surface area contributed by atoms with Gasteiger partial charge in [-0.3, -0.25) is 4.79 Å². The van der Waals surface area contributed by atoms with Crippen molar-refractivity contribution >= 4 is 33.0 Å². The number of alkyl halides is 6. The summed E-state index contributed by atoms with van der Waals surface area (Å²) in [5.74, 6) is -2.01. The number of primary amides is 1. The minimum atomic E-state index is -5.52. The number of nitrogens with two attached hydrogens (primary N) is 1. The maximum atomic E-state index is 14.0. The molecule has 0 aliphatic carbocycles. The summed E-state index contributed by atoms with van der Waals surface area (Å²) in [7, 11) is -4.46. The molecule has 18 heteroatoms. The summed E-state index contributed by atoms with van der Waals surface area (Å²) in [4.78, 5) is 15.7. The van der Waals surface area contributed by atoms with Gasteiger partial charge in [-0.25, -0.2) is 8.42 Å². The number of thiophene rings is 1. The van der Waals surface area contributed by atoms with Gasteiger partial charge in [0.25, 0.3) is 27.4 Å². The van der Waals surface area contributed by atoms with Crippen LogP contribution in [0.2, 0.25) is 0 Å². The molecule has 0 saturated carbocycles. The van der Waals surface area contributed by atoms with E-state index in [1.165, 1.54) is 30.9 Å². The smallest absolute Gasteiger partial charge is 0.368 e. The normalized spacial score (nSPS) is 19.0. The number of aryl methyl sites for hydroxylation is 1. The van der Waals surface area contributed by atoms with Crippen LogP contribution in [0.1, 0.15) is 23.2 Å². The molecule has 2 atom stereocenters. The van der Waals surface area contributed by atoms with Gasteiger partial charge in [-0.05, 0) is 44.2 Å². The highest BCUT2D eigenvalue weighted by atomic mass is 32.2. The van der Waals surface area contributed by atoms with Crippen LogP contribution in [0, 0.1) is 6.92 Å². The first-order valence-corrected chi connectivity index (χ1v) is 13.6. The van der Waals surface area contributed by atoms with Crippen molar-refractivity contribution in [1.82, 2.24) is 14.4 Å². The molecule has 0 spiro atoms. The molecule has 40 heavy (non-hydrogen) atoms. The Balaban J connectivity index is 1.61. The maximum Gasteiger partial charge on any atom is 0.431 e. The van der Waals surface area contributed by atoms with Crippen LogP contribution in [-0.2, 0) is 26.6 Å². The summed E-state index contributed by atoms with van der Waals surface area (Å²) in [5.41, 5.74) is -0.521. The van der Waals surface area contributed by atoms with Crippen LogP contribution in [0.3, 0.4) is 0 Å². The van der Waals surface area contributed by atoms with E-state index in [-0.39, 0.29) is 53.9 Å². The molecule has 0 bridgehead atoms. The van der Waals surface area contributed by atoms with E-state index in [1.54, 1.807) is 0 Å². The molecule has 10 nitrogen and oxygen atoms in total. The van der Waals surface area contributed by atoms with Gasteiger partial charge in [-0.2, -0.15) is 35.6 Å². The highest BCUT2D eigenvalue weighted by Gasteiger charge is 2.61. The lowest BCUT2D eigenvalue weighted by molar-refractivity contribution is -0.254. The first-order valence-electron chi connectivity index (χ1n) is 11.4. The van der Waals surface area contributed by atoms with Crippen molar-refractivity contribution in [2.75, 3.05) is 24.5 Å². The van der Waals surface area contributed by atoms with E-state index in [2.05, 4.69) is 10.1 Å². The number of sulfonamides is 1. The molecule has 218 valence electrons.